The summed E-state index contributed by atoms with van der Waals surface area (Å²) in [6, 6.07) is 2.69. The highest BCUT2D eigenvalue weighted by atomic mass is 15.1. The van der Waals surface area contributed by atoms with Gasteiger partial charge < -0.3 is 9.55 Å². The van der Waals surface area contributed by atoms with Gasteiger partial charge in [0.05, 0.1) is 11.8 Å². The average molecular weight is 304 g/mol. The van der Waals surface area contributed by atoms with Crippen LogP contribution in [0.2, 0.25) is 0 Å². The van der Waals surface area contributed by atoms with E-state index in [4.69, 9.17) is 4.98 Å². The van der Waals surface area contributed by atoms with Crippen molar-refractivity contribution in [1.29, 1.82) is 0 Å². The third-order valence-corrected chi connectivity index (χ3v) is 5.12. The van der Waals surface area contributed by atoms with Crippen LogP contribution in [0, 0.1) is 24.7 Å². The van der Waals surface area contributed by atoms with Crippen molar-refractivity contribution >= 4 is 22.1 Å². The standard InChI is InChI=1S/C19H20N4/c1-12-10-15-16(9-8-13-6-7-13)22-19-18(17(15)21-12)20-11-23(19)14-4-2-3-5-14/h10-11,13-14,21H,2-7H2,1H3. The molecule has 0 spiro atoms. The number of rotatable bonds is 1. The molecule has 2 fully saturated rings. The Hall–Kier alpha value is -2.28. The van der Waals surface area contributed by atoms with E-state index in [0.29, 0.717) is 12.0 Å². The lowest BCUT2D eigenvalue weighted by Crippen LogP contribution is -2.04. The summed E-state index contributed by atoms with van der Waals surface area (Å²) >= 11 is 0. The van der Waals surface area contributed by atoms with Crippen LogP contribution in [0.3, 0.4) is 0 Å². The Balaban J connectivity index is 1.76. The van der Waals surface area contributed by atoms with Gasteiger partial charge in [0.2, 0.25) is 0 Å². The molecular formula is C19H20N4. The maximum absolute atomic E-state index is 4.93. The summed E-state index contributed by atoms with van der Waals surface area (Å²) in [6.45, 7) is 2.08. The zero-order chi connectivity index (χ0) is 15.4. The fourth-order valence-electron chi connectivity index (χ4n) is 3.71. The van der Waals surface area contributed by atoms with Crippen LogP contribution in [-0.4, -0.2) is 19.5 Å². The van der Waals surface area contributed by atoms with Crippen molar-refractivity contribution in [2.75, 3.05) is 0 Å². The largest absolute Gasteiger partial charge is 0.357 e. The van der Waals surface area contributed by atoms with E-state index in [1.54, 1.807) is 0 Å². The van der Waals surface area contributed by atoms with Gasteiger partial charge in [-0.15, -0.1) is 0 Å². The summed E-state index contributed by atoms with van der Waals surface area (Å²) in [5.74, 6) is 7.29. The lowest BCUT2D eigenvalue weighted by molar-refractivity contribution is 0.529. The second-order valence-electron chi connectivity index (χ2n) is 7.01. The van der Waals surface area contributed by atoms with Gasteiger partial charge in [-0.2, -0.15) is 0 Å². The van der Waals surface area contributed by atoms with Gasteiger partial charge in [-0.25, -0.2) is 9.97 Å². The van der Waals surface area contributed by atoms with E-state index >= 15 is 0 Å². The lowest BCUT2D eigenvalue weighted by atomic mass is 10.2. The van der Waals surface area contributed by atoms with E-state index in [0.717, 1.165) is 33.5 Å². The molecule has 5 rings (SSSR count). The molecule has 0 unspecified atom stereocenters. The number of fused-ring (bicyclic) bond motifs is 3. The van der Waals surface area contributed by atoms with E-state index in [9.17, 15) is 0 Å². The summed E-state index contributed by atoms with van der Waals surface area (Å²) in [4.78, 5) is 13.1. The number of H-pyrrole nitrogens is 1. The zero-order valence-corrected chi connectivity index (χ0v) is 13.4. The number of aromatic nitrogens is 4. The molecule has 0 aromatic carbocycles. The van der Waals surface area contributed by atoms with Crippen LogP contribution < -0.4 is 0 Å². The molecule has 0 saturated heterocycles. The molecule has 0 atom stereocenters. The van der Waals surface area contributed by atoms with Gasteiger partial charge in [0.15, 0.2) is 5.65 Å². The Labute approximate surface area is 135 Å². The number of pyridine rings is 1. The maximum Gasteiger partial charge on any atom is 0.163 e. The summed E-state index contributed by atoms with van der Waals surface area (Å²) < 4.78 is 2.28. The number of hydrogen-bond donors (Lipinski definition) is 1. The monoisotopic (exact) mass is 304 g/mol. The third kappa shape index (κ3) is 2.15. The molecule has 2 aliphatic carbocycles. The third-order valence-electron chi connectivity index (χ3n) is 5.12. The fraction of sp³-hybridized carbons (Fsp3) is 0.474. The van der Waals surface area contributed by atoms with Gasteiger partial charge in [-0.3, -0.25) is 0 Å². The summed E-state index contributed by atoms with van der Waals surface area (Å²) in [7, 11) is 0. The van der Waals surface area contributed by atoms with Crippen molar-refractivity contribution < 1.29 is 0 Å². The zero-order valence-electron chi connectivity index (χ0n) is 13.4. The van der Waals surface area contributed by atoms with E-state index < -0.39 is 0 Å². The van der Waals surface area contributed by atoms with Gasteiger partial charge in [0.25, 0.3) is 0 Å². The molecule has 1 N–H and O–H groups in total. The van der Waals surface area contributed by atoms with E-state index in [-0.39, 0.29) is 0 Å². The molecule has 116 valence electrons. The second kappa shape index (κ2) is 4.86. The Morgan fingerprint density at radius 3 is 2.83 bits per heavy atom. The van der Waals surface area contributed by atoms with Crippen LogP contribution in [-0.2, 0) is 0 Å². The molecule has 0 bridgehead atoms. The molecule has 4 heteroatoms. The Bertz CT molecular complexity index is 956. The topological polar surface area (TPSA) is 46.5 Å². The average Bonchev–Trinajstić information content (AvgIpc) is 2.93. The quantitative estimate of drug-likeness (QED) is 0.688. The van der Waals surface area contributed by atoms with Crippen molar-refractivity contribution in [2.45, 2.75) is 51.5 Å². The predicted octanol–water partition coefficient (Wildman–Crippen LogP) is 4.10. The van der Waals surface area contributed by atoms with Crippen LogP contribution >= 0.6 is 0 Å². The lowest BCUT2D eigenvalue weighted by Gasteiger charge is -2.11. The first-order valence-electron chi connectivity index (χ1n) is 8.67. The number of nitrogens with zero attached hydrogens (tertiary/aromatic N) is 3. The van der Waals surface area contributed by atoms with Gasteiger partial charge in [-0.1, -0.05) is 18.8 Å². The number of imidazole rings is 1. The van der Waals surface area contributed by atoms with Crippen molar-refractivity contribution in [3.8, 4) is 11.8 Å². The Morgan fingerprint density at radius 2 is 2.04 bits per heavy atom. The molecule has 0 aliphatic heterocycles. The minimum atomic E-state index is 0.547. The van der Waals surface area contributed by atoms with Gasteiger partial charge >= 0.3 is 0 Å². The molecule has 0 radical (unpaired) electrons. The predicted molar refractivity (Wildman–Crippen MR) is 91.2 cm³/mol. The fourth-order valence-corrected chi connectivity index (χ4v) is 3.71. The second-order valence-corrected chi connectivity index (χ2v) is 7.01. The van der Waals surface area contributed by atoms with E-state index in [1.807, 2.05) is 6.33 Å². The number of aryl methyl sites for hydroxylation is 1. The SMILES string of the molecule is Cc1cc2c(C#CC3CC3)nc3c(ncn3C3CCCC3)c2[nH]1. The maximum atomic E-state index is 4.93. The van der Waals surface area contributed by atoms with Crippen molar-refractivity contribution in [1.82, 2.24) is 19.5 Å². The van der Waals surface area contributed by atoms with Gasteiger partial charge in [0.1, 0.15) is 11.2 Å². The first kappa shape index (κ1) is 13.2. The van der Waals surface area contributed by atoms with Crippen LogP contribution in [0.1, 0.15) is 56.0 Å². The molecule has 23 heavy (non-hydrogen) atoms. The van der Waals surface area contributed by atoms with Crippen LogP contribution in [0.25, 0.3) is 22.1 Å². The molecule has 3 aromatic rings. The van der Waals surface area contributed by atoms with Gasteiger partial charge in [-0.05, 0) is 44.6 Å². The molecule has 0 amide bonds. The van der Waals surface area contributed by atoms with Gasteiger partial charge in [0, 0.05) is 23.0 Å². The van der Waals surface area contributed by atoms with Crippen LogP contribution in [0.5, 0.6) is 0 Å². The first-order chi connectivity index (χ1) is 11.3. The molecule has 4 nitrogen and oxygen atoms in total. The summed E-state index contributed by atoms with van der Waals surface area (Å²) in [5.41, 5.74) is 5.11. The number of nitrogens with one attached hydrogen (secondary N) is 1. The minimum Gasteiger partial charge on any atom is -0.357 e. The van der Waals surface area contributed by atoms with Crippen molar-refractivity contribution in [3.63, 3.8) is 0 Å². The molecule has 2 aliphatic rings. The number of aromatic amines is 1. The highest BCUT2D eigenvalue weighted by Crippen LogP contribution is 2.34. The highest BCUT2D eigenvalue weighted by Gasteiger charge is 2.22. The molecule has 3 aromatic heterocycles. The Kier molecular flexibility index (Phi) is 2.78. The molecule has 2 saturated carbocycles. The van der Waals surface area contributed by atoms with E-state index in [2.05, 4.69) is 39.4 Å². The van der Waals surface area contributed by atoms with Crippen molar-refractivity contribution in [2.24, 2.45) is 5.92 Å². The normalized spacial score (nSPS) is 18.7. The Morgan fingerprint density at radius 1 is 1.22 bits per heavy atom. The smallest absolute Gasteiger partial charge is 0.163 e. The highest BCUT2D eigenvalue weighted by molar-refractivity contribution is 6.03. The summed E-state index contributed by atoms with van der Waals surface area (Å²) in [5, 5.41) is 1.11. The van der Waals surface area contributed by atoms with E-state index in [1.165, 1.54) is 38.5 Å². The van der Waals surface area contributed by atoms with Crippen LogP contribution in [0.4, 0.5) is 0 Å². The summed E-state index contributed by atoms with van der Waals surface area (Å²) in [6.07, 6.45) is 9.54. The molecule has 3 heterocycles. The molecular weight excluding hydrogens is 284 g/mol. The minimum absolute atomic E-state index is 0.547. The number of hydrogen-bond acceptors (Lipinski definition) is 2. The first-order valence-corrected chi connectivity index (χ1v) is 8.67. The van der Waals surface area contributed by atoms with Crippen molar-refractivity contribution in [3.05, 3.63) is 23.8 Å². The van der Waals surface area contributed by atoms with Crippen LogP contribution in [0.15, 0.2) is 12.4 Å².